The fraction of sp³-hybridized carbons (Fsp3) is 0.231. The van der Waals surface area contributed by atoms with Gasteiger partial charge < -0.3 is 5.73 Å². The monoisotopic (exact) mass is 323 g/mol. The van der Waals surface area contributed by atoms with E-state index in [2.05, 4.69) is 32.0 Å². The van der Waals surface area contributed by atoms with Crippen LogP contribution in [0.1, 0.15) is 17.7 Å². The second-order valence-electron chi connectivity index (χ2n) is 3.95. The molecule has 18 heavy (non-hydrogen) atoms. The zero-order valence-corrected chi connectivity index (χ0v) is 12.4. The molecule has 2 atom stereocenters. The minimum atomic E-state index is 0.0116. The predicted octanol–water partition coefficient (Wildman–Crippen LogP) is 3.42. The summed E-state index contributed by atoms with van der Waals surface area (Å²) >= 11 is 5.16. The van der Waals surface area contributed by atoms with Crippen molar-refractivity contribution >= 4 is 27.7 Å². The van der Waals surface area contributed by atoms with Crippen LogP contribution in [0.4, 0.5) is 0 Å². The average molecular weight is 324 g/mol. The molecule has 3 nitrogen and oxygen atoms in total. The Bertz CT molecular complexity index is 505. The van der Waals surface area contributed by atoms with Crippen LogP contribution in [0.25, 0.3) is 0 Å². The number of benzene rings is 1. The van der Waals surface area contributed by atoms with E-state index in [-0.39, 0.29) is 11.3 Å². The third-order valence-electron chi connectivity index (χ3n) is 2.46. The lowest BCUT2D eigenvalue weighted by Gasteiger charge is -2.20. The van der Waals surface area contributed by atoms with Crippen LogP contribution < -0.4 is 5.73 Å². The van der Waals surface area contributed by atoms with Gasteiger partial charge >= 0.3 is 0 Å². The van der Waals surface area contributed by atoms with Crippen molar-refractivity contribution in [3.05, 3.63) is 52.8 Å². The molecule has 5 heteroatoms. The number of aromatic nitrogens is 2. The van der Waals surface area contributed by atoms with Crippen molar-refractivity contribution in [2.24, 2.45) is 5.73 Å². The summed E-state index contributed by atoms with van der Waals surface area (Å²) in [5.74, 6) is 0. The van der Waals surface area contributed by atoms with Crippen LogP contribution in [0.3, 0.4) is 0 Å². The van der Waals surface area contributed by atoms with Crippen molar-refractivity contribution < 1.29 is 0 Å². The van der Waals surface area contributed by atoms with Crippen LogP contribution >= 0.6 is 27.7 Å². The molecule has 2 unspecified atom stereocenters. The smallest absolute Gasteiger partial charge is 0.188 e. The molecule has 1 aromatic carbocycles. The highest BCUT2D eigenvalue weighted by atomic mass is 79.9. The fourth-order valence-electron chi connectivity index (χ4n) is 1.62. The van der Waals surface area contributed by atoms with E-state index in [1.807, 2.05) is 31.2 Å². The van der Waals surface area contributed by atoms with Gasteiger partial charge in [-0.05, 0) is 24.6 Å². The first kappa shape index (κ1) is 13.5. The standard InChI is InChI=1S/C13H14BrN3S/c1-9(15)12(10-5-2-3-6-11(10)14)18-13-16-7-4-8-17-13/h2-9,12H,15H2,1H3. The van der Waals surface area contributed by atoms with Crippen LogP contribution in [0.15, 0.2) is 52.4 Å². The maximum absolute atomic E-state index is 6.09. The third kappa shape index (κ3) is 3.31. The predicted molar refractivity (Wildman–Crippen MR) is 78.4 cm³/mol. The number of rotatable bonds is 4. The summed E-state index contributed by atoms with van der Waals surface area (Å²) in [6.45, 7) is 2.00. The van der Waals surface area contributed by atoms with E-state index in [0.717, 1.165) is 9.63 Å². The molecule has 1 heterocycles. The Kier molecular flexibility index (Phi) is 4.74. The summed E-state index contributed by atoms with van der Waals surface area (Å²) in [5.41, 5.74) is 7.26. The Balaban J connectivity index is 2.27. The number of hydrogen-bond donors (Lipinski definition) is 1. The topological polar surface area (TPSA) is 51.8 Å². The Morgan fingerprint density at radius 1 is 1.17 bits per heavy atom. The van der Waals surface area contributed by atoms with Crippen LogP contribution in [-0.4, -0.2) is 16.0 Å². The fourth-order valence-corrected chi connectivity index (χ4v) is 3.32. The summed E-state index contributed by atoms with van der Waals surface area (Å²) in [5, 5.41) is 0.874. The van der Waals surface area contributed by atoms with Crippen molar-refractivity contribution in [2.45, 2.75) is 23.4 Å². The average Bonchev–Trinajstić information content (AvgIpc) is 2.38. The molecule has 2 aromatic rings. The molecule has 94 valence electrons. The van der Waals surface area contributed by atoms with Crippen LogP contribution in [0.5, 0.6) is 0 Å². The first-order valence-corrected chi connectivity index (χ1v) is 7.29. The van der Waals surface area contributed by atoms with Crippen molar-refractivity contribution in [2.75, 3.05) is 0 Å². The van der Waals surface area contributed by atoms with Crippen molar-refractivity contribution in [3.8, 4) is 0 Å². The first-order valence-electron chi connectivity index (χ1n) is 5.62. The molecular formula is C13H14BrN3S. The van der Waals surface area contributed by atoms with Gasteiger partial charge in [-0.2, -0.15) is 0 Å². The van der Waals surface area contributed by atoms with Crippen molar-refractivity contribution in [1.29, 1.82) is 0 Å². The maximum Gasteiger partial charge on any atom is 0.188 e. The molecule has 0 aliphatic rings. The normalized spacial score (nSPS) is 14.2. The molecule has 0 radical (unpaired) electrons. The van der Waals surface area contributed by atoms with Crippen LogP contribution in [0.2, 0.25) is 0 Å². The highest BCUT2D eigenvalue weighted by molar-refractivity contribution is 9.10. The number of nitrogens with zero attached hydrogens (tertiary/aromatic N) is 2. The van der Waals surface area contributed by atoms with Gasteiger partial charge in [0, 0.05) is 22.9 Å². The second-order valence-corrected chi connectivity index (χ2v) is 5.91. The van der Waals surface area contributed by atoms with Crippen LogP contribution in [0, 0.1) is 0 Å². The zero-order valence-electron chi connectivity index (χ0n) is 9.95. The highest BCUT2D eigenvalue weighted by Gasteiger charge is 2.20. The quantitative estimate of drug-likeness (QED) is 0.692. The molecule has 2 N–H and O–H groups in total. The molecule has 0 spiro atoms. The zero-order chi connectivity index (χ0) is 13.0. The summed E-state index contributed by atoms with van der Waals surface area (Å²) < 4.78 is 1.07. The summed E-state index contributed by atoms with van der Waals surface area (Å²) in [4.78, 5) is 8.47. The number of nitrogens with two attached hydrogens (primary N) is 1. The highest BCUT2D eigenvalue weighted by Crippen LogP contribution is 2.38. The molecule has 2 rings (SSSR count). The lowest BCUT2D eigenvalue weighted by atomic mass is 10.1. The van der Waals surface area contributed by atoms with Gasteiger partial charge in [-0.25, -0.2) is 9.97 Å². The SMILES string of the molecule is CC(N)C(Sc1ncccn1)c1ccccc1Br. The van der Waals surface area contributed by atoms with E-state index < -0.39 is 0 Å². The van der Waals surface area contributed by atoms with Gasteiger partial charge in [0.05, 0.1) is 5.25 Å². The van der Waals surface area contributed by atoms with Gasteiger partial charge in [-0.3, -0.25) is 0 Å². The number of halogens is 1. The molecular weight excluding hydrogens is 310 g/mol. The minimum Gasteiger partial charge on any atom is -0.327 e. The summed E-state index contributed by atoms with van der Waals surface area (Å²) in [6, 6.07) is 9.93. The van der Waals surface area contributed by atoms with Crippen molar-refractivity contribution in [3.63, 3.8) is 0 Å². The van der Waals surface area contributed by atoms with Gasteiger partial charge in [0.25, 0.3) is 0 Å². The van der Waals surface area contributed by atoms with Gasteiger partial charge in [0.2, 0.25) is 0 Å². The molecule has 0 amide bonds. The van der Waals surface area contributed by atoms with E-state index >= 15 is 0 Å². The molecule has 0 saturated heterocycles. The molecule has 0 bridgehead atoms. The molecule has 0 aliphatic carbocycles. The molecule has 0 fully saturated rings. The van der Waals surface area contributed by atoms with Crippen LogP contribution in [-0.2, 0) is 0 Å². The first-order chi connectivity index (χ1) is 8.68. The Labute approximate surface area is 119 Å². The van der Waals surface area contributed by atoms with Crippen molar-refractivity contribution in [1.82, 2.24) is 9.97 Å². The Hall–Kier alpha value is -0.910. The molecule has 0 aliphatic heterocycles. The largest absolute Gasteiger partial charge is 0.327 e. The van der Waals surface area contributed by atoms with E-state index in [0.29, 0.717) is 0 Å². The lowest BCUT2D eigenvalue weighted by molar-refractivity contribution is 0.715. The maximum atomic E-state index is 6.09. The second kappa shape index (κ2) is 6.31. The van der Waals surface area contributed by atoms with Gasteiger partial charge in [-0.1, -0.05) is 45.9 Å². The van der Waals surface area contributed by atoms with Gasteiger partial charge in [-0.15, -0.1) is 0 Å². The van der Waals surface area contributed by atoms with E-state index in [9.17, 15) is 0 Å². The number of hydrogen-bond acceptors (Lipinski definition) is 4. The molecule has 1 aromatic heterocycles. The summed E-state index contributed by atoms with van der Waals surface area (Å²) in [7, 11) is 0. The minimum absolute atomic E-state index is 0.0116. The third-order valence-corrected chi connectivity index (χ3v) is 4.54. The Morgan fingerprint density at radius 3 is 2.44 bits per heavy atom. The summed E-state index contributed by atoms with van der Waals surface area (Å²) in [6.07, 6.45) is 3.49. The number of thioether (sulfide) groups is 1. The van der Waals surface area contributed by atoms with E-state index in [1.54, 1.807) is 24.2 Å². The van der Waals surface area contributed by atoms with Gasteiger partial charge in [0.15, 0.2) is 5.16 Å². The lowest BCUT2D eigenvalue weighted by Crippen LogP contribution is -2.23. The molecule has 0 saturated carbocycles. The van der Waals surface area contributed by atoms with E-state index in [1.165, 1.54) is 5.56 Å². The van der Waals surface area contributed by atoms with Gasteiger partial charge in [0.1, 0.15) is 0 Å². The van der Waals surface area contributed by atoms with E-state index in [4.69, 9.17) is 5.73 Å². The Morgan fingerprint density at radius 2 is 1.83 bits per heavy atom.